The molecule has 0 spiro atoms. The molecule has 4 bridgehead atoms. The number of benzene rings is 3. The molecule has 0 saturated carbocycles. The van der Waals surface area contributed by atoms with Gasteiger partial charge in [0.25, 0.3) is 0 Å². The molecule has 2 aromatic heterocycles. The first-order chi connectivity index (χ1) is 57.8. The van der Waals surface area contributed by atoms with Crippen LogP contribution < -0.4 is 80.2 Å². The summed E-state index contributed by atoms with van der Waals surface area (Å²) in [6.07, 6.45) is -4.58. The van der Waals surface area contributed by atoms with Crippen molar-refractivity contribution in [1.82, 2.24) is 89.3 Å². The number of rotatable bonds is 21. The number of para-hydroxylation sites is 2. The molecule has 4 aliphatic rings. The van der Waals surface area contributed by atoms with Gasteiger partial charge in [0.05, 0.1) is 13.0 Å². The third-order valence-corrected chi connectivity index (χ3v) is 21.4. The molecule has 4 aliphatic heterocycles. The number of guanidine groups is 1. The summed E-state index contributed by atoms with van der Waals surface area (Å²) in [5.41, 5.74) is 7.95. The van der Waals surface area contributed by atoms with Gasteiger partial charge in [-0.25, -0.2) is 4.79 Å². The standard InChI is InChI=1S/C80H105N19O22/c1-5-40(2)65(87-42(4)101)76(115)96-59(38-100)73(112)98-66-41(3)121-64(105)35-56-72(111)92-55(33-44-36-85-49-16-8-6-14-47(44)49)71(110)90-54-26-28-63(104)120-39-60(74(113)93-56)97-75(114)61-20-13-31-99(61)78(117)57(32-43-21-23-46(102)24-22-43)94-68(107)51(88-67(106)52(91-77(66)116)19-12-30-84-80(81)82)18-10-11-29-83-62(103)27-25-53(89-69(54)108)70(109)95-58(79(118)119)34-45-37-86-50-17-9-7-15-48(45)50/h6-9,14-17,21-24,36-37,40-41,51-61,65-66,85-86,100,102H,5,10-13,18-20,25-35,38-39H2,1-4H3,(H,83,103)(H,87,101)(H,88,106)(H,89,108)(H,90,110)(H,91,116)(H,92,111)(H,93,113)(H,94,107)(H,95,109)(H,96,115)(H,97,114)(H,98,112)(H,118,119)(H4,81,82,84). The van der Waals surface area contributed by atoms with Crippen molar-refractivity contribution in [2.45, 2.75) is 215 Å². The fraction of sp³-hybridized carbons (Fsp3) is 0.500. The Morgan fingerprint density at radius 2 is 1.24 bits per heavy atom. The predicted octanol–water partition coefficient (Wildman–Crippen LogP) is -3.65. The molecule has 15 atom stereocenters. The van der Waals surface area contributed by atoms with E-state index in [-0.39, 0.29) is 76.8 Å². The van der Waals surface area contributed by atoms with E-state index in [2.05, 4.69) is 84.4 Å². The van der Waals surface area contributed by atoms with Gasteiger partial charge in [-0.2, -0.15) is 0 Å². The number of fused-ring (bicyclic) bond motifs is 14. The lowest BCUT2D eigenvalue weighted by molar-refractivity contribution is -0.154. The normalized spacial score (nSPS) is 24.2. The second kappa shape index (κ2) is 43.5. The molecule has 15 unspecified atom stereocenters. The second-order valence-electron chi connectivity index (χ2n) is 30.4. The van der Waals surface area contributed by atoms with Crippen LogP contribution in [0.15, 0.2) is 85.2 Å². The highest BCUT2D eigenvalue weighted by molar-refractivity contribution is 6.02. The first-order valence-electron chi connectivity index (χ1n) is 40.1. The lowest BCUT2D eigenvalue weighted by Gasteiger charge is -2.31. The molecule has 41 nitrogen and oxygen atoms in total. The quantitative estimate of drug-likeness (QED) is 0.0146. The summed E-state index contributed by atoms with van der Waals surface area (Å²) in [6, 6.07) is -4.63. The fourth-order valence-corrected chi connectivity index (χ4v) is 14.5. The number of aliphatic carboxylic acids is 1. The zero-order chi connectivity index (χ0) is 87.7. The minimum atomic E-state index is -2.28. The van der Waals surface area contributed by atoms with Crippen LogP contribution in [0, 0.1) is 11.3 Å². The Hall–Kier alpha value is -13.2. The van der Waals surface area contributed by atoms with E-state index >= 15 is 47.9 Å². The molecule has 41 heteroatoms. The number of nitrogens with two attached hydrogens (primary N) is 1. The number of carbonyl (C=O) groups is 17. The van der Waals surface area contributed by atoms with Crippen LogP contribution in [-0.4, -0.2) is 254 Å². The number of carboxylic acid groups (broad SMARTS) is 1. The van der Waals surface area contributed by atoms with E-state index in [4.69, 9.17) is 20.6 Å². The summed E-state index contributed by atoms with van der Waals surface area (Å²) >= 11 is 0. The van der Waals surface area contributed by atoms with Gasteiger partial charge < -0.3 is 120 Å². The number of aromatic hydroxyl groups is 1. The number of ether oxygens (including phenoxy) is 2. The highest BCUT2D eigenvalue weighted by atomic mass is 16.5. The zero-order valence-corrected chi connectivity index (χ0v) is 67.2. The van der Waals surface area contributed by atoms with Crippen LogP contribution in [0.2, 0.25) is 0 Å². The van der Waals surface area contributed by atoms with Gasteiger partial charge in [-0.1, -0.05) is 68.8 Å². The second-order valence-corrected chi connectivity index (χ2v) is 30.4. The summed E-state index contributed by atoms with van der Waals surface area (Å²) in [5, 5.41) is 76.1. The molecule has 0 aliphatic carbocycles. The molecule has 5 aromatic rings. The number of H-pyrrole nitrogens is 2. The zero-order valence-electron chi connectivity index (χ0n) is 67.2. The third kappa shape index (κ3) is 25.9. The van der Waals surface area contributed by atoms with Crippen LogP contribution in [-0.2, 0) is 110 Å². The first kappa shape index (κ1) is 91.7. The van der Waals surface area contributed by atoms with Crippen LogP contribution in [0.5, 0.6) is 5.75 Å². The summed E-state index contributed by atoms with van der Waals surface area (Å²) in [5.74, 6) is -21.0. The molecule has 4 fully saturated rings. The Morgan fingerprint density at radius 3 is 1.91 bits per heavy atom. The Kier molecular flexibility index (Phi) is 32.9. The van der Waals surface area contributed by atoms with Crippen molar-refractivity contribution in [1.29, 1.82) is 5.41 Å². The minimum Gasteiger partial charge on any atom is -0.508 e. The van der Waals surface area contributed by atoms with Crippen LogP contribution in [0.1, 0.15) is 128 Å². The summed E-state index contributed by atoms with van der Waals surface area (Å²) in [7, 11) is 0. The highest BCUT2D eigenvalue weighted by Crippen LogP contribution is 2.25. The smallest absolute Gasteiger partial charge is 0.326 e. The van der Waals surface area contributed by atoms with E-state index in [1.54, 1.807) is 68.6 Å². The number of nitrogens with one attached hydrogen (secondary N) is 17. The van der Waals surface area contributed by atoms with E-state index in [1.807, 2.05) is 0 Å². The van der Waals surface area contributed by atoms with E-state index in [9.17, 15) is 48.9 Å². The van der Waals surface area contributed by atoms with Gasteiger partial charge in [0.15, 0.2) is 5.96 Å². The number of hydrogen-bond acceptors (Lipinski definition) is 22. The molecule has 0 radical (unpaired) electrons. The van der Waals surface area contributed by atoms with Gasteiger partial charge in [0, 0.05) is 92.9 Å². The molecule has 9 rings (SSSR count). The Balaban J connectivity index is 1.20. The SMILES string of the molecule is CCC(C)C(NC(C)=O)C(=O)NC(CO)C(=O)NC1C(=O)NC(CCCNC(=N)N)C(=O)NC2CCCCNC(=O)CCC(C(=O)NC(Cc3c[nH]c4ccccc34)C(=O)O)NC(=O)C3CCC(=O)OCC(NC(=O)C4CCCN4C(=O)C(Cc4ccc(O)cc4)NC2=O)C(=O)NC(CC(=O)OC1C)C(=O)NC(Cc1c[nH]c2ccccc12)C(=O)N3. The average Bonchev–Trinajstić information content (AvgIpc) is 1.73. The van der Waals surface area contributed by atoms with E-state index < -0.39 is 255 Å². The van der Waals surface area contributed by atoms with E-state index in [1.165, 1.54) is 30.5 Å². The molecule has 22 N–H and O–H groups in total. The number of aromatic amines is 2. The van der Waals surface area contributed by atoms with E-state index in [0.717, 1.165) is 18.7 Å². The number of carboxylic acids is 1. The Morgan fingerprint density at radius 1 is 0.628 bits per heavy atom. The van der Waals surface area contributed by atoms with Crippen LogP contribution in [0.4, 0.5) is 0 Å². The minimum absolute atomic E-state index is 0.00161. The molecular formula is C80H105N19O22. The Labute approximate surface area is 693 Å². The monoisotopic (exact) mass is 1680 g/mol. The number of aliphatic hydroxyl groups is 1. The van der Waals surface area contributed by atoms with Crippen molar-refractivity contribution < 1.29 is 106 Å². The molecule has 6 heterocycles. The number of esters is 2. The summed E-state index contributed by atoms with van der Waals surface area (Å²) in [6.45, 7) is 2.75. The number of nitrogens with zero attached hydrogens (tertiary/aromatic N) is 1. The molecular weight excluding hydrogens is 1580 g/mol. The third-order valence-electron chi connectivity index (χ3n) is 21.4. The van der Waals surface area contributed by atoms with Gasteiger partial charge in [-0.05, 0) is 112 Å². The topological polar surface area (TPSA) is 622 Å². The van der Waals surface area contributed by atoms with Crippen molar-refractivity contribution in [3.63, 3.8) is 0 Å². The maximum atomic E-state index is 15.6. The van der Waals surface area contributed by atoms with Crippen molar-refractivity contribution in [3.8, 4) is 5.75 Å². The van der Waals surface area contributed by atoms with E-state index in [0.29, 0.717) is 44.9 Å². The van der Waals surface area contributed by atoms with Crippen LogP contribution in [0.25, 0.3) is 21.8 Å². The maximum absolute atomic E-state index is 15.6. The highest BCUT2D eigenvalue weighted by Gasteiger charge is 2.44. The lowest BCUT2D eigenvalue weighted by Crippen LogP contribution is -2.63. The number of aliphatic hydroxyl groups excluding tert-OH is 1. The fourth-order valence-electron chi connectivity index (χ4n) is 14.5. The number of cyclic esters (lactones) is 1. The molecule has 121 heavy (non-hydrogen) atoms. The average molecular weight is 1680 g/mol. The number of amides is 14. The van der Waals surface area contributed by atoms with Gasteiger partial charge >= 0.3 is 17.9 Å². The summed E-state index contributed by atoms with van der Waals surface area (Å²) in [4.78, 5) is 258. The van der Waals surface area contributed by atoms with Crippen molar-refractivity contribution in [2.75, 3.05) is 32.8 Å². The molecule has 652 valence electrons. The van der Waals surface area contributed by atoms with Crippen molar-refractivity contribution in [2.24, 2.45) is 11.7 Å². The van der Waals surface area contributed by atoms with Crippen LogP contribution >= 0.6 is 0 Å². The number of hydrogen-bond donors (Lipinski definition) is 21. The lowest BCUT2D eigenvalue weighted by atomic mass is 9.98. The number of phenols is 1. The van der Waals surface area contributed by atoms with Gasteiger partial charge in [-0.3, -0.25) is 82.1 Å². The Bertz CT molecular complexity index is 4670. The van der Waals surface area contributed by atoms with Crippen LogP contribution in [0.3, 0.4) is 0 Å². The largest absolute Gasteiger partial charge is 0.508 e. The molecule has 3 aromatic carbocycles. The van der Waals surface area contributed by atoms with Crippen molar-refractivity contribution >= 4 is 128 Å². The predicted molar refractivity (Wildman–Crippen MR) is 429 cm³/mol. The van der Waals surface area contributed by atoms with Crippen molar-refractivity contribution in [3.05, 3.63) is 102 Å². The molecule has 14 amide bonds. The number of carbonyl (C=O) groups excluding carboxylic acids is 16. The van der Waals surface area contributed by atoms with Gasteiger partial charge in [0.2, 0.25) is 82.7 Å². The summed E-state index contributed by atoms with van der Waals surface area (Å²) < 4.78 is 11.6. The maximum Gasteiger partial charge on any atom is 0.326 e. The number of aromatic nitrogens is 2. The first-order valence-corrected chi connectivity index (χ1v) is 40.1. The molecule has 4 saturated heterocycles. The van der Waals surface area contributed by atoms with Gasteiger partial charge in [0.1, 0.15) is 97.0 Å². The van der Waals surface area contributed by atoms with Gasteiger partial charge in [-0.15, -0.1) is 0 Å². The number of phenolic OH excluding ortho intramolecular Hbond substituents is 1.